The molecule has 9 heteroatoms. The van der Waals surface area contributed by atoms with Crippen molar-refractivity contribution in [3.05, 3.63) is 0 Å². The van der Waals surface area contributed by atoms with E-state index in [0.29, 0.717) is 13.3 Å². The minimum absolute atomic E-state index is 0. The summed E-state index contributed by atoms with van der Waals surface area (Å²) in [5.74, 6) is 0. The molecular formula is C2H6N8O. The van der Waals surface area contributed by atoms with Crippen LogP contribution in [0.25, 0.3) is 0 Å². The van der Waals surface area contributed by atoms with Crippen LogP contribution in [0, 0.1) is 0 Å². The second-order valence-corrected chi connectivity index (χ2v) is 1.21. The summed E-state index contributed by atoms with van der Waals surface area (Å²) in [7, 11) is 0. The molecule has 2 aliphatic rings. The average molecular weight is 158 g/mol. The van der Waals surface area contributed by atoms with Gasteiger partial charge in [-0.1, -0.05) is 0 Å². The molecule has 2 heterocycles. The van der Waals surface area contributed by atoms with Crippen LogP contribution in [-0.2, 0) is 0 Å². The van der Waals surface area contributed by atoms with Crippen LogP contribution in [-0.4, -0.2) is 18.8 Å². The molecule has 11 heavy (non-hydrogen) atoms. The summed E-state index contributed by atoms with van der Waals surface area (Å²) < 4.78 is 0. The van der Waals surface area contributed by atoms with Gasteiger partial charge in [0.1, 0.15) is 0 Å². The first-order valence-electron chi connectivity index (χ1n) is 2.46. The lowest BCUT2D eigenvalue weighted by Gasteiger charge is -1.52. The summed E-state index contributed by atoms with van der Waals surface area (Å²) in [4.78, 5) is 0. The lowest BCUT2D eigenvalue weighted by atomic mass is 11.2. The van der Waals surface area contributed by atoms with Gasteiger partial charge in [0.15, 0.2) is 13.3 Å². The van der Waals surface area contributed by atoms with Gasteiger partial charge in [0.05, 0.1) is 0 Å². The van der Waals surface area contributed by atoms with Crippen LogP contribution >= 0.6 is 0 Å². The van der Waals surface area contributed by atoms with Crippen molar-refractivity contribution < 1.29 is 5.48 Å². The van der Waals surface area contributed by atoms with Gasteiger partial charge in [-0.15, -0.1) is 20.5 Å². The number of nitrogens with zero attached hydrogens (tertiary/aromatic N) is 8. The van der Waals surface area contributed by atoms with E-state index >= 15 is 0 Å². The molecule has 0 fully saturated rings. The van der Waals surface area contributed by atoms with E-state index in [-0.39, 0.29) is 5.48 Å². The summed E-state index contributed by atoms with van der Waals surface area (Å²) >= 11 is 0. The molecule has 0 aromatic rings. The molecule has 0 saturated carbocycles. The smallest absolute Gasteiger partial charge is 0.175 e. The van der Waals surface area contributed by atoms with E-state index in [0.717, 1.165) is 0 Å². The molecule has 0 amide bonds. The Balaban J connectivity index is 0.000000167. The Bertz CT molecular complexity index is 150. The normalized spacial score (nSPS) is 16.0. The topological polar surface area (TPSA) is 130 Å². The second kappa shape index (κ2) is 6.48. The fourth-order valence-corrected chi connectivity index (χ4v) is 0.283. The zero-order valence-electron chi connectivity index (χ0n) is 5.49. The Labute approximate surface area is 61.3 Å². The molecule has 0 radical (unpaired) electrons. The van der Waals surface area contributed by atoms with Crippen molar-refractivity contribution in [3.63, 3.8) is 0 Å². The first kappa shape index (κ1) is 9.36. The van der Waals surface area contributed by atoms with Gasteiger partial charge < -0.3 is 5.48 Å². The SMILES string of the molecule is C1N=NN=N1.C1N=NN=N1.O. The maximum absolute atomic E-state index is 3.38. The van der Waals surface area contributed by atoms with Gasteiger partial charge in [-0.3, -0.25) is 0 Å². The van der Waals surface area contributed by atoms with Crippen LogP contribution < -0.4 is 0 Å². The first-order chi connectivity index (χ1) is 5.00. The van der Waals surface area contributed by atoms with E-state index in [2.05, 4.69) is 41.4 Å². The van der Waals surface area contributed by atoms with Crippen LogP contribution in [0.1, 0.15) is 0 Å². The molecule has 2 rings (SSSR count). The zero-order chi connectivity index (χ0) is 7.07. The minimum Gasteiger partial charge on any atom is -0.412 e. The summed E-state index contributed by atoms with van der Waals surface area (Å²) in [6.07, 6.45) is 0. The highest BCUT2D eigenvalue weighted by Crippen LogP contribution is 1.88. The maximum atomic E-state index is 3.38. The lowest BCUT2D eigenvalue weighted by Crippen LogP contribution is -1.52. The van der Waals surface area contributed by atoms with Crippen LogP contribution in [0.4, 0.5) is 0 Å². The van der Waals surface area contributed by atoms with Crippen LogP contribution in [0.15, 0.2) is 41.4 Å². The molecule has 0 aromatic carbocycles. The molecule has 2 aliphatic heterocycles. The predicted octanol–water partition coefficient (Wildman–Crippen LogP) is 0.729. The van der Waals surface area contributed by atoms with Gasteiger partial charge in [0.25, 0.3) is 0 Å². The Morgan fingerprint density at radius 1 is 0.545 bits per heavy atom. The van der Waals surface area contributed by atoms with E-state index < -0.39 is 0 Å². The minimum atomic E-state index is 0. The molecule has 2 N–H and O–H groups in total. The van der Waals surface area contributed by atoms with Gasteiger partial charge in [0, 0.05) is 0 Å². The highest BCUT2D eigenvalue weighted by molar-refractivity contribution is 4.30. The zero-order valence-corrected chi connectivity index (χ0v) is 5.49. The van der Waals surface area contributed by atoms with E-state index in [4.69, 9.17) is 0 Å². The highest BCUT2D eigenvalue weighted by Gasteiger charge is 1.77. The standard InChI is InChI=1S/2CH2N4.H2O/c2*1-2-4-5-3-1;/h2*1H2;1H2. The third kappa shape index (κ3) is 4.84. The molecule has 0 atom stereocenters. The third-order valence-corrected chi connectivity index (χ3v) is 0.586. The third-order valence-electron chi connectivity index (χ3n) is 0.586. The molecule has 0 spiro atoms. The van der Waals surface area contributed by atoms with Crippen molar-refractivity contribution in [2.75, 3.05) is 13.3 Å². The molecule has 0 aromatic heterocycles. The van der Waals surface area contributed by atoms with Crippen molar-refractivity contribution in [2.45, 2.75) is 0 Å². The number of hydrogen-bond acceptors (Lipinski definition) is 8. The Morgan fingerprint density at radius 2 is 0.818 bits per heavy atom. The van der Waals surface area contributed by atoms with Gasteiger partial charge >= 0.3 is 0 Å². The summed E-state index contributed by atoms with van der Waals surface area (Å²) in [5.41, 5.74) is 0. The molecule has 0 bridgehead atoms. The average Bonchev–Trinajstić information content (AvgIpc) is 2.67. The Kier molecular flexibility index (Phi) is 5.51. The monoisotopic (exact) mass is 158 g/mol. The van der Waals surface area contributed by atoms with Crippen molar-refractivity contribution in [1.82, 2.24) is 0 Å². The van der Waals surface area contributed by atoms with Gasteiger partial charge in [-0.25, -0.2) is 0 Å². The largest absolute Gasteiger partial charge is 0.412 e. The van der Waals surface area contributed by atoms with Crippen molar-refractivity contribution in [3.8, 4) is 0 Å². The molecule has 9 nitrogen and oxygen atoms in total. The molecular weight excluding hydrogens is 152 g/mol. The summed E-state index contributed by atoms with van der Waals surface area (Å²) in [6.45, 7) is 0.833. The van der Waals surface area contributed by atoms with Gasteiger partial charge in [-0.05, 0) is 20.9 Å². The van der Waals surface area contributed by atoms with Crippen LogP contribution in [0.5, 0.6) is 0 Å². The maximum Gasteiger partial charge on any atom is 0.175 e. The van der Waals surface area contributed by atoms with E-state index in [1.54, 1.807) is 0 Å². The quantitative estimate of drug-likeness (QED) is 0.491. The summed E-state index contributed by atoms with van der Waals surface area (Å²) in [5, 5.41) is 26.2. The first-order valence-corrected chi connectivity index (χ1v) is 2.46. The molecule has 60 valence electrons. The van der Waals surface area contributed by atoms with Crippen LogP contribution in [0.3, 0.4) is 0 Å². The van der Waals surface area contributed by atoms with E-state index in [1.165, 1.54) is 0 Å². The van der Waals surface area contributed by atoms with Gasteiger partial charge in [0.2, 0.25) is 0 Å². The van der Waals surface area contributed by atoms with Crippen molar-refractivity contribution in [1.29, 1.82) is 0 Å². The Hall–Kier alpha value is -1.64. The second-order valence-electron chi connectivity index (χ2n) is 1.21. The fourth-order valence-electron chi connectivity index (χ4n) is 0.283. The highest BCUT2D eigenvalue weighted by atomic mass is 16.0. The van der Waals surface area contributed by atoms with Gasteiger partial charge in [-0.2, -0.15) is 0 Å². The molecule has 0 aliphatic carbocycles. The Morgan fingerprint density at radius 3 is 0.909 bits per heavy atom. The number of hydrogen-bond donors (Lipinski definition) is 0. The van der Waals surface area contributed by atoms with E-state index in [1.807, 2.05) is 0 Å². The molecule has 0 saturated heterocycles. The number of rotatable bonds is 0. The predicted molar refractivity (Wildman–Crippen MR) is 32.8 cm³/mol. The van der Waals surface area contributed by atoms with Crippen molar-refractivity contribution >= 4 is 0 Å². The van der Waals surface area contributed by atoms with Crippen LogP contribution in [0.2, 0.25) is 0 Å². The molecule has 0 unspecified atom stereocenters. The van der Waals surface area contributed by atoms with Crippen molar-refractivity contribution in [2.24, 2.45) is 41.4 Å². The van der Waals surface area contributed by atoms with E-state index in [9.17, 15) is 0 Å². The fraction of sp³-hybridized carbons (Fsp3) is 1.00. The summed E-state index contributed by atoms with van der Waals surface area (Å²) in [6, 6.07) is 0. The lowest BCUT2D eigenvalue weighted by molar-refractivity contribution is 0.824.